The van der Waals surface area contributed by atoms with Gasteiger partial charge in [-0.3, -0.25) is 9.59 Å². The van der Waals surface area contributed by atoms with Crippen LogP contribution in [0.2, 0.25) is 5.02 Å². The van der Waals surface area contributed by atoms with Gasteiger partial charge in [-0.2, -0.15) is 0 Å². The molecule has 1 atom stereocenters. The molecule has 0 aromatic heterocycles. The van der Waals surface area contributed by atoms with E-state index in [1.807, 2.05) is 0 Å². The molecule has 0 spiro atoms. The average molecular weight is 311 g/mol. The molecule has 1 aliphatic carbocycles. The number of carbonyl (C=O) groups excluding carboxylic acids is 2. The monoisotopic (exact) mass is 310 g/mol. The van der Waals surface area contributed by atoms with E-state index in [0.29, 0.717) is 12.1 Å². The van der Waals surface area contributed by atoms with Crippen LogP contribution >= 0.6 is 11.6 Å². The quantitative estimate of drug-likeness (QED) is 0.929. The lowest BCUT2D eigenvalue weighted by atomic mass is 10.1. The van der Waals surface area contributed by atoms with E-state index >= 15 is 0 Å². The lowest BCUT2D eigenvalue weighted by Crippen LogP contribution is -2.45. The van der Waals surface area contributed by atoms with Gasteiger partial charge < -0.3 is 10.2 Å². The van der Waals surface area contributed by atoms with E-state index in [1.165, 1.54) is 6.07 Å². The van der Waals surface area contributed by atoms with E-state index in [2.05, 4.69) is 5.32 Å². The molecular weight excluding hydrogens is 295 g/mol. The summed E-state index contributed by atoms with van der Waals surface area (Å²) in [5.74, 6) is -0.453. The first-order chi connectivity index (χ1) is 10.1. The van der Waals surface area contributed by atoms with Crippen molar-refractivity contribution in [2.45, 2.75) is 31.8 Å². The van der Waals surface area contributed by atoms with Crippen LogP contribution in [0.3, 0.4) is 0 Å². The van der Waals surface area contributed by atoms with Gasteiger partial charge in [-0.25, -0.2) is 4.39 Å². The molecule has 4 nitrogen and oxygen atoms in total. The van der Waals surface area contributed by atoms with Gasteiger partial charge in [-0.1, -0.05) is 23.7 Å². The van der Waals surface area contributed by atoms with Crippen LogP contribution in [0.1, 0.15) is 24.8 Å². The van der Waals surface area contributed by atoms with Gasteiger partial charge in [-0.15, -0.1) is 0 Å². The number of carbonyl (C=O) groups is 2. The Labute approximate surface area is 127 Å². The number of nitrogens with zero attached hydrogens (tertiary/aromatic N) is 1. The Morgan fingerprint density at radius 2 is 2.10 bits per heavy atom. The topological polar surface area (TPSA) is 49.4 Å². The number of amides is 2. The summed E-state index contributed by atoms with van der Waals surface area (Å²) in [6, 6.07) is 4.12. The minimum Gasteiger partial charge on any atom is -0.344 e. The molecule has 1 heterocycles. The zero-order valence-electron chi connectivity index (χ0n) is 11.4. The van der Waals surface area contributed by atoms with Crippen LogP contribution in [0.5, 0.6) is 0 Å². The van der Waals surface area contributed by atoms with Crippen LogP contribution in [0, 0.1) is 11.7 Å². The predicted molar refractivity (Wildman–Crippen MR) is 76.1 cm³/mol. The third-order valence-electron chi connectivity index (χ3n) is 3.99. The maximum absolute atomic E-state index is 13.5. The summed E-state index contributed by atoms with van der Waals surface area (Å²) in [5, 5.41) is 2.83. The Balaban J connectivity index is 1.81. The van der Waals surface area contributed by atoms with Gasteiger partial charge in [0.1, 0.15) is 11.9 Å². The molecule has 6 heteroatoms. The van der Waals surface area contributed by atoms with Crippen LogP contribution in [-0.4, -0.2) is 29.3 Å². The maximum Gasteiger partial charge on any atom is 0.245 e. The second-order valence-corrected chi connectivity index (χ2v) is 5.98. The van der Waals surface area contributed by atoms with Crippen molar-refractivity contribution in [3.63, 3.8) is 0 Å². The molecule has 0 bridgehead atoms. The van der Waals surface area contributed by atoms with Gasteiger partial charge in [0.25, 0.3) is 0 Å². The normalized spacial score (nSPS) is 23.0. The lowest BCUT2D eigenvalue weighted by Gasteiger charge is -2.24. The van der Waals surface area contributed by atoms with E-state index in [1.54, 1.807) is 17.0 Å². The Kier molecular flexibility index (Phi) is 3.85. The third-order valence-corrected chi connectivity index (χ3v) is 4.41. The molecule has 3 rings (SSSR count). The molecule has 21 heavy (non-hydrogen) atoms. The van der Waals surface area contributed by atoms with Crippen LogP contribution in [0.4, 0.5) is 4.39 Å². The van der Waals surface area contributed by atoms with Gasteiger partial charge in [0.2, 0.25) is 11.8 Å². The SMILES string of the molecule is O=C1CCN(Cc2cccc(F)c2Cl)C(=O)C(C2CC2)N1. The highest BCUT2D eigenvalue weighted by molar-refractivity contribution is 6.31. The fourth-order valence-electron chi connectivity index (χ4n) is 2.63. The molecule has 1 aromatic rings. The number of hydrogen-bond acceptors (Lipinski definition) is 2. The fraction of sp³-hybridized carbons (Fsp3) is 0.467. The van der Waals surface area contributed by atoms with Gasteiger partial charge in [0, 0.05) is 19.5 Å². The van der Waals surface area contributed by atoms with Gasteiger partial charge >= 0.3 is 0 Å². The molecule has 1 unspecified atom stereocenters. The minimum atomic E-state index is -0.496. The zero-order valence-corrected chi connectivity index (χ0v) is 12.2. The summed E-state index contributed by atoms with van der Waals surface area (Å²) in [7, 11) is 0. The molecule has 112 valence electrons. The molecular formula is C15H16ClFN2O2. The molecule has 1 aliphatic heterocycles. The number of nitrogens with one attached hydrogen (secondary N) is 1. The highest BCUT2D eigenvalue weighted by Gasteiger charge is 2.40. The van der Waals surface area contributed by atoms with E-state index in [-0.39, 0.29) is 35.7 Å². The fourth-order valence-corrected chi connectivity index (χ4v) is 2.82. The molecule has 1 N–H and O–H groups in total. The van der Waals surface area contributed by atoms with E-state index in [4.69, 9.17) is 11.6 Å². The minimum absolute atomic E-state index is 0.0387. The van der Waals surface area contributed by atoms with Crippen molar-refractivity contribution in [3.05, 3.63) is 34.6 Å². The summed E-state index contributed by atoms with van der Waals surface area (Å²) in [5.41, 5.74) is 0.564. The van der Waals surface area contributed by atoms with Gasteiger partial charge in [0.15, 0.2) is 0 Å². The number of halogens is 2. The maximum atomic E-state index is 13.5. The smallest absolute Gasteiger partial charge is 0.245 e. The highest BCUT2D eigenvalue weighted by Crippen LogP contribution is 2.34. The number of benzene rings is 1. The lowest BCUT2D eigenvalue weighted by molar-refractivity contribution is -0.134. The predicted octanol–water partition coefficient (Wildman–Crippen LogP) is 2.11. The van der Waals surface area contributed by atoms with Crippen molar-refractivity contribution in [1.82, 2.24) is 10.2 Å². The summed E-state index contributed by atoms with van der Waals surface area (Å²) >= 11 is 5.95. The summed E-state index contributed by atoms with van der Waals surface area (Å²) in [6.07, 6.45) is 2.19. The van der Waals surface area contributed by atoms with Crippen molar-refractivity contribution in [3.8, 4) is 0 Å². The van der Waals surface area contributed by atoms with Crippen molar-refractivity contribution < 1.29 is 14.0 Å². The summed E-state index contributed by atoms with van der Waals surface area (Å²) in [6.45, 7) is 0.564. The van der Waals surface area contributed by atoms with Crippen LogP contribution in [0.25, 0.3) is 0 Å². The van der Waals surface area contributed by atoms with E-state index < -0.39 is 11.9 Å². The van der Waals surface area contributed by atoms with Crippen molar-refractivity contribution in [1.29, 1.82) is 0 Å². The van der Waals surface area contributed by atoms with Crippen LogP contribution in [-0.2, 0) is 16.1 Å². The Bertz CT molecular complexity index is 589. The highest BCUT2D eigenvalue weighted by atomic mass is 35.5. The van der Waals surface area contributed by atoms with Crippen LogP contribution in [0.15, 0.2) is 18.2 Å². The van der Waals surface area contributed by atoms with E-state index in [9.17, 15) is 14.0 Å². The standard InChI is InChI=1S/C15H16ClFN2O2/c16-13-10(2-1-3-11(13)17)8-19-7-6-12(20)18-14(15(19)21)9-4-5-9/h1-3,9,14H,4-8H2,(H,18,20). The first-order valence-electron chi connectivity index (χ1n) is 7.07. The summed E-state index contributed by atoms with van der Waals surface area (Å²) in [4.78, 5) is 25.9. The van der Waals surface area contributed by atoms with Crippen molar-refractivity contribution >= 4 is 23.4 Å². The first-order valence-corrected chi connectivity index (χ1v) is 7.45. The van der Waals surface area contributed by atoms with Gasteiger partial charge in [0.05, 0.1) is 5.02 Å². The number of rotatable bonds is 3. The van der Waals surface area contributed by atoms with Crippen molar-refractivity contribution in [2.75, 3.05) is 6.54 Å². The molecule has 1 aromatic carbocycles. The van der Waals surface area contributed by atoms with Crippen molar-refractivity contribution in [2.24, 2.45) is 5.92 Å². The molecule has 0 radical (unpaired) electrons. The second kappa shape index (κ2) is 5.64. The van der Waals surface area contributed by atoms with E-state index in [0.717, 1.165) is 12.8 Å². The molecule has 2 aliphatic rings. The zero-order chi connectivity index (χ0) is 15.0. The second-order valence-electron chi connectivity index (χ2n) is 5.61. The Morgan fingerprint density at radius 1 is 1.33 bits per heavy atom. The largest absolute Gasteiger partial charge is 0.344 e. The van der Waals surface area contributed by atoms with Crippen LogP contribution < -0.4 is 5.32 Å². The van der Waals surface area contributed by atoms with Gasteiger partial charge in [-0.05, 0) is 30.4 Å². The molecule has 1 saturated carbocycles. The summed E-state index contributed by atoms with van der Waals surface area (Å²) < 4.78 is 13.5. The molecule has 2 fully saturated rings. The first kappa shape index (κ1) is 14.3. The average Bonchev–Trinajstić information content (AvgIpc) is 3.28. The number of hydrogen-bond donors (Lipinski definition) is 1. The third kappa shape index (κ3) is 3.02. The Hall–Kier alpha value is -1.62. The Morgan fingerprint density at radius 3 is 2.81 bits per heavy atom. The molecule has 2 amide bonds. The molecule has 1 saturated heterocycles.